The lowest BCUT2D eigenvalue weighted by Crippen LogP contribution is -2.51. The summed E-state index contributed by atoms with van der Waals surface area (Å²) in [6, 6.07) is 7.81. The lowest BCUT2D eigenvalue weighted by atomic mass is 9.86. The van der Waals surface area contributed by atoms with Crippen molar-refractivity contribution in [3.63, 3.8) is 0 Å². The van der Waals surface area contributed by atoms with Crippen LogP contribution in [0.25, 0.3) is 0 Å². The highest BCUT2D eigenvalue weighted by atomic mass is 16.6. The van der Waals surface area contributed by atoms with E-state index in [1.54, 1.807) is 24.3 Å². The molecule has 3 amide bonds. The van der Waals surface area contributed by atoms with Crippen LogP contribution in [0.15, 0.2) is 48.8 Å². The van der Waals surface area contributed by atoms with Crippen LogP contribution in [0.1, 0.15) is 66.2 Å². The summed E-state index contributed by atoms with van der Waals surface area (Å²) >= 11 is 0. The maximum absolute atomic E-state index is 13.2. The van der Waals surface area contributed by atoms with Crippen molar-refractivity contribution >= 4 is 29.2 Å². The number of aromatic nitrogens is 1. The average Bonchev–Trinajstić information content (AvgIpc) is 3.23. The first-order valence-corrected chi connectivity index (χ1v) is 15.0. The highest BCUT2D eigenvalue weighted by molar-refractivity contribution is 6.23. The summed E-state index contributed by atoms with van der Waals surface area (Å²) in [6.45, 7) is 9.67. The first-order valence-electron chi connectivity index (χ1n) is 15.0. The number of ether oxygens (including phenoxy) is 1. The van der Waals surface area contributed by atoms with Crippen molar-refractivity contribution in [3.8, 4) is 5.75 Å². The fourth-order valence-corrected chi connectivity index (χ4v) is 6.61. The second kappa shape index (κ2) is 11.8. The molecular weight excluding hydrogens is 552 g/mol. The van der Waals surface area contributed by atoms with Crippen LogP contribution in [0.3, 0.4) is 0 Å². The van der Waals surface area contributed by atoms with Crippen molar-refractivity contribution in [2.75, 3.05) is 31.1 Å². The van der Waals surface area contributed by atoms with Crippen LogP contribution in [0, 0.1) is 16.0 Å². The smallest absolute Gasteiger partial charge is 0.287 e. The van der Waals surface area contributed by atoms with Gasteiger partial charge in [0.2, 0.25) is 5.91 Å². The van der Waals surface area contributed by atoms with Crippen molar-refractivity contribution in [3.05, 3.63) is 70.0 Å². The van der Waals surface area contributed by atoms with Crippen molar-refractivity contribution in [2.45, 2.75) is 63.6 Å². The number of nitrogens with one attached hydrogen (secondary N) is 1. The number of imide groups is 1. The monoisotopic (exact) mass is 588 g/mol. The number of fused-ring (bicyclic) bond motifs is 1. The molecule has 6 rings (SSSR count). The summed E-state index contributed by atoms with van der Waals surface area (Å²) in [5, 5.41) is 13.6. The Hall–Kier alpha value is -4.32. The molecule has 4 aliphatic rings. The molecule has 1 atom stereocenters. The van der Waals surface area contributed by atoms with E-state index < -0.39 is 22.8 Å². The van der Waals surface area contributed by atoms with Gasteiger partial charge in [-0.25, -0.2) is 4.98 Å². The second-order valence-electron chi connectivity index (χ2n) is 11.8. The molecule has 2 saturated heterocycles. The Morgan fingerprint density at radius 1 is 1.09 bits per heavy atom. The Bertz CT molecular complexity index is 1450. The molecule has 1 N–H and O–H groups in total. The molecule has 43 heavy (non-hydrogen) atoms. The molecular formula is C31H36N6O6. The number of carbonyl (C=O) groups excluding carboxylic acids is 3. The second-order valence-corrected chi connectivity index (χ2v) is 11.8. The minimum atomic E-state index is -0.832. The predicted octanol–water partition coefficient (Wildman–Crippen LogP) is 3.53. The third-order valence-corrected chi connectivity index (χ3v) is 9.19. The zero-order chi connectivity index (χ0) is 30.2. The van der Waals surface area contributed by atoms with Crippen molar-refractivity contribution in [1.29, 1.82) is 0 Å². The molecule has 12 nitrogen and oxygen atoms in total. The molecule has 2 aromatic rings. The number of rotatable bonds is 9. The molecule has 3 fully saturated rings. The number of anilines is 1. The van der Waals surface area contributed by atoms with Crippen LogP contribution < -0.4 is 15.0 Å². The molecule has 1 aromatic heterocycles. The Labute approximate surface area is 249 Å². The van der Waals surface area contributed by atoms with E-state index in [9.17, 15) is 24.5 Å². The minimum Gasteiger partial charge on any atom is -0.490 e. The summed E-state index contributed by atoms with van der Waals surface area (Å²) in [5.74, 6) is 0.624. The van der Waals surface area contributed by atoms with Gasteiger partial charge < -0.3 is 19.9 Å². The third kappa shape index (κ3) is 5.71. The van der Waals surface area contributed by atoms with Gasteiger partial charge in [0, 0.05) is 50.3 Å². The number of hydrogen-bond acceptors (Lipinski definition) is 9. The quantitative estimate of drug-likeness (QED) is 0.265. The number of hydrogen-bond donors (Lipinski definition) is 1. The fourth-order valence-electron chi connectivity index (χ4n) is 6.61. The highest BCUT2D eigenvalue weighted by Gasteiger charge is 2.44. The number of amides is 3. The van der Waals surface area contributed by atoms with Crippen molar-refractivity contribution in [2.24, 2.45) is 5.92 Å². The van der Waals surface area contributed by atoms with Crippen molar-refractivity contribution in [1.82, 2.24) is 20.1 Å². The first kappa shape index (κ1) is 28.8. The van der Waals surface area contributed by atoms with E-state index in [-0.39, 0.29) is 23.3 Å². The van der Waals surface area contributed by atoms with Crippen LogP contribution in [0.5, 0.6) is 5.75 Å². The van der Waals surface area contributed by atoms with Crippen LogP contribution in [-0.4, -0.2) is 81.8 Å². The zero-order valence-electron chi connectivity index (χ0n) is 24.2. The largest absolute Gasteiger partial charge is 0.490 e. The standard InChI is InChI=1S/C31H36N6O6/c1-3-34(18-20-10-12-35(13-11-20)28-9-5-21(17-32-28)37(41)42)22-14-24(15-22)43-23-6-7-25-26(16-23)31(40)36(30(25)39)27-8-4-19(2)33-29(27)38/h5-7,9,16-17,20,22,24,27H,2-4,8,10-15,18H2,1H3,(H,33,38)/t22-,24-,27?. The summed E-state index contributed by atoms with van der Waals surface area (Å²) in [7, 11) is 0. The number of pyridine rings is 1. The molecule has 1 aliphatic carbocycles. The third-order valence-electron chi connectivity index (χ3n) is 9.19. The molecule has 4 heterocycles. The molecule has 1 aromatic carbocycles. The van der Waals surface area contributed by atoms with E-state index in [0.29, 0.717) is 41.8 Å². The molecule has 12 heteroatoms. The molecule has 3 aliphatic heterocycles. The number of allylic oxidation sites excluding steroid dienone is 1. The van der Waals surface area contributed by atoms with E-state index in [0.717, 1.165) is 62.6 Å². The van der Waals surface area contributed by atoms with Gasteiger partial charge in [-0.15, -0.1) is 0 Å². The van der Waals surface area contributed by atoms with Crippen LogP contribution in [0.4, 0.5) is 11.5 Å². The van der Waals surface area contributed by atoms with Crippen LogP contribution in [0.2, 0.25) is 0 Å². The fraction of sp³-hybridized carbons (Fsp3) is 0.484. The lowest BCUT2D eigenvalue weighted by molar-refractivity contribution is -0.385. The molecule has 0 bridgehead atoms. The zero-order valence-corrected chi connectivity index (χ0v) is 24.2. The molecule has 0 radical (unpaired) electrons. The predicted molar refractivity (Wildman–Crippen MR) is 158 cm³/mol. The van der Waals surface area contributed by atoms with Gasteiger partial charge in [-0.05, 0) is 62.4 Å². The SMILES string of the molecule is C=C1CCC(N2C(=O)c3ccc(O[C@H]4C[C@H](N(CC)CC5CCN(c6ccc([N+](=O)[O-])cn6)CC5)C4)cc3C2=O)C(=O)N1. The van der Waals surface area contributed by atoms with Gasteiger partial charge in [0.1, 0.15) is 29.9 Å². The topological polar surface area (TPSA) is 138 Å². The van der Waals surface area contributed by atoms with Crippen LogP contribution >= 0.6 is 0 Å². The Morgan fingerprint density at radius 3 is 2.49 bits per heavy atom. The van der Waals surface area contributed by atoms with E-state index >= 15 is 0 Å². The normalized spacial score (nSPS) is 24.2. The summed E-state index contributed by atoms with van der Waals surface area (Å²) in [6.07, 6.45) is 6.10. The number of benzene rings is 1. The summed E-state index contributed by atoms with van der Waals surface area (Å²) in [5.41, 5.74) is 1.18. The number of piperidine rings is 2. The van der Waals surface area contributed by atoms with Gasteiger partial charge >= 0.3 is 0 Å². The Kier molecular flexibility index (Phi) is 7.87. The maximum atomic E-state index is 13.2. The van der Waals surface area contributed by atoms with Gasteiger partial charge in [-0.1, -0.05) is 13.5 Å². The highest BCUT2D eigenvalue weighted by Crippen LogP contribution is 2.35. The average molecular weight is 589 g/mol. The first-order chi connectivity index (χ1) is 20.7. The molecule has 0 spiro atoms. The van der Waals surface area contributed by atoms with Gasteiger partial charge in [-0.2, -0.15) is 0 Å². The molecule has 226 valence electrons. The summed E-state index contributed by atoms with van der Waals surface area (Å²) in [4.78, 5) is 59.2. The number of nitro groups is 1. The lowest BCUT2D eigenvalue weighted by Gasteiger charge is -2.44. The van der Waals surface area contributed by atoms with Gasteiger partial charge in [0.15, 0.2) is 0 Å². The summed E-state index contributed by atoms with van der Waals surface area (Å²) < 4.78 is 6.22. The Balaban J connectivity index is 0.989. The van der Waals surface area contributed by atoms with E-state index in [1.165, 1.54) is 12.3 Å². The van der Waals surface area contributed by atoms with Gasteiger partial charge in [0.25, 0.3) is 17.5 Å². The van der Waals surface area contributed by atoms with E-state index in [4.69, 9.17) is 4.74 Å². The maximum Gasteiger partial charge on any atom is 0.287 e. The number of nitrogens with zero attached hydrogens (tertiary/aromatic N) is 5. The number of carbonyl (C=O) groups is 3. The molecule has 1 saturated carbocycles. The minimum absolute atomic E-state index is 0.00342. The van der Waals surface area contributed by atoms with Gasteiger partial charge in [-0.3, -0.25) is 29.4 Å². The van der Waals surface area contributed by atoms with E-state index in [2.05, 4.69) is 33.6 Å². The van der Waals surface area contributed by atoms with Crippen LogP contribution in [-0.2, 0) is 4.79 Å². The van der Waals surface area contributed by atoms with E-state index in [1.807, 2.05) is 0 Å². The van der Waals surface area contributed by atoms with Gasteiger partial charge in [0.05, 0.1) is 16.1 Å². The Morgan fingerprint density at radius 2 is 1.84 bits per heavy atom. The van der Waals surface area contributed by atoms with Crippen molar-refractivity contribution < 1.29 is 24.0 Å². The molecule has 1 unspecified atom stereocenters.